The van der Waals surface area contributed by atoms with Crippen LogP contribution in [0.5, 0.6) is 0 Å². The smallest absolute Gasteiger partial charge is 0.280 e. The first-order chi connectivity index (χ1) is 10.4. The van der Waals surface area contributed by atoms with Gasteiger partial charge in [-0.1, -0.05) is 23.4 Å². The first kappa shape index (κ1) is 14.7. The van der Waals surface area contributed by atoms with Gasteiger partial charge in [0.2, 0.25) is 0 Å². The van der Waals surface area contributed by atoms with Gasteiger partial charge in [0.25, 0.3) is 5.91 Å². The molecule has 0 saturated carbocycles. The maximum atomic E-state index is 12.7. The number of anilines is 1. The maximum Gasteiger partial charge on any atom is 0.280 e. The van der Waals surface area contributed by atoms with Crippen LogP contribution in [0, 0.1) is 0 Å². The number of aliphatic hydroxyl groups excluding tert-OH is 1. The molecule has 0 aliphatic carbocycles. The molecule has 2 heterocycles. The van der Waals surface area contributed by atoms with E-state index in [2.05, 4.69) is 10.3 Å². The minimum Gasteiger partial charge on any atom is -0.396 e. The van der Waals surface area contributed by atoms with Crippen molar-refractivity contribution in [2.75, 3.05) is 18.1 Å². The van der Waals surface area contributed by atoms with Gasteiger partial charge in [-0.3, -0.25) is 4.79 Å². The highest BCUT2D eigenvalue weighted by atomic mass is 16.3. The molecule has 2 aromatic rings. The zero-order valence-corrected chi connectivity index (χ0v) is 13.0. The van der Waals surface area contributed by atoms with Gasteiger partial charge in [0, 0.05) is 18.2 Å². The number of amides is 1. The number of carbonyl (C=O) groups is 1. The van der Waals surface area contributed by atoms with Gasteiger partial charge in [0.15, 0.2) is 5.69 Å². The summed E-state index contributed by atoms with van der Waals surface area (Å²) in [6, 6.07) is 7.67. The topological polar surface area (TPSA) is 71.2 Å². The van der Waals surface area contributed by atoms with E-state index in [1.807, 2.05) is 45.0 Å². The van der Waals surface area contributed by atoms with Gasteiger partial charge in [-0.05, 0) is 32.4 Å². The summed E-state index contributed by atoms with van der Waals surface area (Å²) in [5, 5.41) is 17.6. The number of aliphatic hydroxyl groups is 1. The minimum atomic E-state index is -0.220. The minimum absolute atomic E-state index is 0.0233. The Kier molecular flexibility index (Phi) is 3.48. The molecule has 1 aliphatic rings. The third-order valence-electron chi connectivity index (χ3n) is 3.94. The number of carbonyl (C=O) groups excluding carboxylic acids is 1. The molecule has 0 radical (unpaired) electrons. The third kappa shape index (κ3) is 2.39. The number of nitrogens with zero attached hydrogens (tertiary/aromatic N) is 4. The predicted molar refractivity (Wildman–Crippen MR) is 83.0 cm³/mol. The van der Waals surface area contributed by atoms with Crippen molar-refractivity contribution in [2.24, 2.45) is 0 Å². The average molecular weight is 300 g/mol. The highest BCUT2D eigenvalue weighted by molar-refractivity contribution is 6.06. The number of aromatic nitrogens is 3. The fourth-order valence-electron chi connectivity index (χ4n) is 2.67. The van der Waals surface area contributed by atoms with Gasteiger partial charge >= 0.3 is 0 Å². The van der Waals surface area contributed by atoms with Crippen molar-refractivity contribution >= 4 is 11.6 Å². The van der Waals surface area contributed by atoms with E-state index in [9.17, 15) is 9.90 Å². The van der Waals surface area contributed by atoms with Crippen LogP contribution in [0.4, 0.5) is 5.69 Å². The molecule has 3 rings (SSSR count). The summed E-state index contributed by atoms with van der Waals surface area (Å²) in [5.41, 5.74) is 1.95. The molecule has 6 nitrogen and oxygen atoms in total. The molecule has 0 fully saturated rings. The summed E-state index contributed by atoms with van der Waals surface area (Å²) in [6.07, 6.45) is 1.68. The van der Waals surface area contributed by atoms with Crippen LogP contribution in [0.3, 0.4) is 0 Å². The Morgan fingerprint density at radius 3 is 2.73 bits per heavy atom. The Morgan fingerprint density at radius 1 is 1.36 bits per heavy atom. The molecule has 22 heavy (non-hydrogen) atoms. The third-order valence-corrected chi connectivity index (χ3v) is 3.94. The number of hydrogen-bond donors (Lipinski definition) is 1. The normalized spacial score (nSPS) is 17.6. The lowest BCUT2D eigenvalue weighted by molar-refractivity contribution is 0.0982. The molecular formula is C16H20N4O2. The van der Waals surface area contributed by atoms with E-state index < -0.39 is 0 Å². The number of fused-ring (bicyclic) bond motifs is 1. The first-order valence-corrected chi connectivity index (χ1v) is 7.36. The summed E-state index contributed by atoms with van der Waals surface area (Å²) in [5.74, 6) is -0.225. The SMILES string of the molecule is CC(C)(C)n1cc(C(=O)N2CC(CO)c3ccccc32)nn1. The number of benzene rings is 1. The van der Waals surface area contributed by atoms with Crippen molar-refractivity contribution in [2.45, 2.75) is 32.2 Å². The zero-order chi connectivity index (χ0) is 15.9. The van der Waals surface area contributed by atoms with E-state index in [0.717, 1.165) is 11.3 Å². The fourth-order valence-corrected chi connectivity index (χ4v) is 2.67. The van der Waals surface area contributed by atoms with Gasteiger partial charge in [0.1, 0.15) is 0 Å². The van der Waals surface area contributed by atoms with Crippen molar-refractivity contribution in [1.82, 2.24) is 15.0 Å². The van der Waals surface area contributed by atoms with Crippen molar-refractivity contribution in [3.05, 3.63) is 41.7 Å². The first-order valence-electron chi connectivity index (χ1n) is 7.36. The summed E-state index contributed by atoms with van der Waals surface area (Å²) in [7, 11) is 0. The molecule has 1 aliphatic heterocycles. The molecule has 1 amide bonds. The molecule has 0 saturated heterocycles. The van der Waals surface area contributed by atoms with Crippen LogP contribution in [0.1, 0.15) is 42.7 Å². The Bertz CT molecular complexity index is 702. The fraction of sp³-hybridized carbons (Fsp3) is 0.438. The molecule has 1 aromatic carbocycles. The Balaban J connectivity index is 1.92. The van der Waals surface area contributed by atoms with Crippen LogP contribution >= 0.6 is 0 Å². The van der Waals surface area contributed by atoms with Crippen molar-refractivity contribution in [1.29, 1.82) is 0 Å². The molecule has 6 heteroatoms. The van der Waals surface area contributed by atoms with E-state index in [4.69, 9.17) is 0 Å². The molecular weight excluding hydrogens is 280 g/mol. The van der Waals surface area contributed by atoms with Crippen LogP contribution in [-0.2, 0) is 5.54 Å². The van der Waals surface area contributed by atoms with Crippen LogP contribution in [0.15, 0.2) is 30.5 Å². The standard InChI is InChI=1S/C16H20N4O2/c1-16(2,3)20-9-13(17-18-20)15(22)19-8-11(10-21)12-6-4-5-7-14(12)19/h4-7,9,11,21H,8,10H2,1-3H3. The van der Waals surface area contributed by atoms with Gasteiger partial charge in [-0.15, -0.1) is 5.10 Å². The second kappa shape index (κ2) is 5.21. The highest BCUT2D eigenvalue weighted by Crippen LogP contribution is 2.36. The summed E-state index contributed by atoms with van der Waals surface area (Å²) >= 11 is 0. The van der Waals surface area contributed by atoms with Gasteiger partial charge in [0.05, 0.1) is 18.3 Å². The Morgan fingerprint density at radius 2 is 2.09 bits per heavy atom. The lowest BCUT2D eigenvalue weighted by Crippen LogP contribution is -2.30. The molecule has 1 N–H and O–H groups in total. The summed E-state index contributed by atoms with van der Waals surface area (Å²) in [6.45, 7) is 6.50. The summed E-state index contributed by atoms with van der Waals surface area (Å²) in [4.78, 5) is 14.4. The molecule has 116 valence electrons. The molecule has 1 atom stereocenters. The quantitative estimate of drug-likeness (QED) is 0.917. The van der Waals surface area contributed by atoms with Crippen LogP contribution in [-0.4, -0.2) is 39.2 Å². The maximum absolute atomic E-state index is 12.7. The van der Waals surface area contributed by atoms with Gasteiger partial charge < -0.3 is 10.0 Å². The Hall–Kier alpha value is -2.21. The number of para-hydroxylation sites is 1. The second-order valence-corrected chi connectivity index (χ2v) is 6.57. The number of hydrogen-bond acceptors (Lipinski definition) is 4. The van der Waals surface area contributed by atoms with Gasteiger partial charge in [-0.25, -0.2) is 4.68 Å². The largest absolute Gasteiger partial charge is 0.396 e. The van der Waals surface area contributed by atoms with Crippen molar-refractivity contribution < 1.29 is 9.90 Å². The zero-order valence-electron chi connectivity index (χ0n) is 13.0. The van der Waals surface area contributed by atoms with Crippen molar-refractivity contribution in [3.63, 3.8) is 0 Å². The highest BCUT2D eigenvalue weighted by Gasteiger charge is 2.33. The lowest BCUT2D eigenvalue weighted by atomic mass is 10.0. The second-order valence-electron chi connectivity index (χ2n) is 6.57. The molecule has 1 unspecified atom stereocenters. The summed E-state index contributed by atoms with van der Waals surface area (Å²) < 4.78 is 1.69. The van der Waals surface area contributed by atoms with Crippen LogP contribution < -0.4 is 4.90 Å². The Labute approximate surface area is 129 Å². The predicted octanol–water partition coefficient (Wildman–Crippen LogP) is 1.77. The molecule has 0 spiro atoms. The van der Waals surface area contributed by atoms with E-state index >= 15 is 0 Å². The van der Waals surface area contributed by atoms with Crippen molar-refractivity contribution in [3.8, 4) is 0 Å². The lowest BCUT2D eigenvalue weighted by Gasteiger charge is -2.18. The van der Waals surface area contributed by atoms with E-state index in [1.54, 1.807) is 15.8 Å². The molecule has 0 bridgehead atoms. The monoisotopic (exact) mass is 300 g/mol. The van der Waals surface area contributed by atoms with Crippen LogP contribution in [0.2, 0.25) is 0 Å². The molecule has 1 aromatic heterocycles. The van der Waals surface area contributed by atoms with Gasteiger partial charge in [-0.2, -0.15) is 0 Å². The average Bonchev–Trinajstić information content (AvgIpc) is 3.11. The van der Waals surface area contributed by atoms with E-state index in [1.165, 1.54) is 0 Å². The van der Waals surface area contributed by atoms with E-state index in [0.29, 0.717) is 12.2 Å². The van der Waals surface area contributed by atoms with E-state index in [-0.39, 0.29) is 24.0 Å². The van der Waals surface area contributed by atoms with Crippen LogP contribution in [0.25, 0.3) is 0 Å². The number of rotatable bonds is 2.